The third-order valence-corrected chi connectivity index (χ3v) is 6.09. The summed E-state index contributed by atoms with van der Waals surface area (Å²) < 4.78 is 0.0499. The monoisotopic (exact) mass is 298 g/mol. The summed E-state index contributed by atoms with van der Waals surface area (Å²) >= 11 is 7.58. The Morgan fingerprint density at radius 1 is 1.23 bits per heavy atom. The van der Waals surface area contributed by atoms with Crippen molar-refractivity contribution in [1.82, 2.24) is 0 Å². The summed E-state index contributed by atoms with van der Waals surface area (Å²) in [4.78, 5) is 0.484. The van der Waals surface area contributed by atoms with Gasteiger partial charge in [-0.2, -0.15) is 0 Å². The van der Waals surface area contributed by atoms with Crippen molar-refractivity contribution in [1.29, 1.82) is 0 Å². The number of hydrogen-bond acceptors (Lipinski definition) is 0. The third-order valence-electron chi connectivity index (χ3n) is 3.00. The molecule has 0 spiro atoms. The third kappa shape index (κ3) is 0.861. The number of halogens is 2. The molecule has 0 aliphatic heterocycles. The minimum atomic E-state index is 0.0499. The lowest BCUT2D eigenvalue weighted by Crippen LogP contribution is -2.18. The van der Waals surface area contributed by atoms with E-state index in [1.165, 1.54) is 11.1 Å². The smallest absolute Gasteiger partial charge is 0.0822 e. The lowest BCUT2D eigenvalue weighted by molar-refractivity contribution is 0.803. The molecule has 0 saturated carbocycles. The second-order valence-corrected chi connectivity index (χ2v) is 5.94. The molecule has 2 bridgehead atoms. The van der Waals surface area contributed by atoms with Gasteiger partial charge in [0.25, 0.3) is 0 Å². The van der Waals surface area contributed by atoms with Gasteiger partial charge in [-0.05, 0) is 11.1 Å². The molecule has 0 radical (unpaired) electrons. The Morgan fingerprint density at radius 2 is 2.00 bits per heavy atom. The van der Waals surface area contributed by atoms with Gasteiger partial charge in [0.15, 0.2) is 0 Å². The fourth-order valence-electron chi connectivity index (χ4n) is 2.33. The molecule has 0 fully saturated rings. The van der Waals surface area contributed by atoms with Gasteiger partial charge < -0.3 is 0 Å². The Labute approximate surface area is 94.3 Å². The van der Waals surface area contributed by atoms with Crippen molar-refractivity contribution in [2.75, 3.05) is 0 Å². The van der Waals surface area contributed by atoms with Gasteiger partial charge in [0.05, 0.1) is 4.32 Å². The number of allylic oxidation sites excluding steroid dienone is 2. The van der Waals surface area contributed by atoms with E-state index in [2.05, 4.69) is 68.3 Å². The van der Waals surface area contributed by atoms with E-state index in [1.807, 2.05) is 0 Å². The number of hydrogen-bond donors (Lipinski definition) is 0. The Morgan fingerprint density at radius 3 is 2.77 bits per heavy atom. The number of rotatable bonds is 0. The highest BCUT2D eigenvalue weighted by atomic mass is 79.9. The first-order valence-electron chi connectivity index (χ1n) is 4.35. The van der Waals surface area contributed by atoms with Crippen molar-refractivity contribution in [3.8, 4) is 0 Å². The molecule has 0 saturated heterocycles. The zero-order valence-corrected chi connectivity index (χ0v) is 10.0. The molecule has 0 N–H and O–H groups in total. The fourth-order valence-corrected chi connectivity index (χ4v) is 3.99. The predicted octanol–water partition coefficient (Wildman–Crippen LogP) is 3.71. The van der Waals surface area contributed by atoms with Gasteiger partial charge in [-0.15, -0.1) is 0 Å². The lowest BCUT2D eigenvalue weighted by Gasteiger charge is -2.20. The van der Waals surface area contributed by atoms with Gasteiger partial charge >= 0.3 is 0 Å². The van der Waals surface area contributed by atoms with Crippen LogP contribution in [0.2, 0.25) is 0 Å². The van der Waals surface area contributed by atoms with E-state index in [0.29, 0.717) is 10.7 Å². The van der Waals surface area contributed by atoms with Gasteiger partial charge in [-0.1, -0.05) is 68.3 Å². The van der Waals surface area contributed by atoms with Crippen LogP contribution < -0.4 is 0 Å². The second kappa shape index (κ2) is 2.48. The lowest BCUT2D eigenvalue weighted by atomic mass is 9.97. The highest BCUT2D eigenvalue weighted by Gasteiger charge is 2.50. The summed E-state index contributed by atoms with van der Waals surface area (Å²) in [7, 11) is 0. The van der Waals surface area contributed by atoms with Crippen molar-refractivity contribution < 1.29 is 0 Å². The molecule has 1 aromatic rings. The van der Waals surface area contributed by atoms with Crippen LogP contribution in [0.1, 0.15) is 17.0 Å². The van der Waals surface area contributed by atoms with Gasteiger partial charge in [-0.3, -0.25) is 0 Å². The average molecular weight is 300 g/mol. The Hall–Kier alpha value is -0.0800. The van der Waals surface area contributed by atoms with E-state index in [-0.39, 0.29) is 4.32 Å². The van der Waals surface area contributed by atoms with Gasteiger partial charge in [-0.25, -0.2) is 0 Å². The van der Waals surface area contributed by atoms with Crippen LogP contribution in [0.4, 0.5) is 0 Å². The van der Waals surface area contributed by atoms with Crippen molar-refractivity contribution in [2.24, 2.45) is 0 Å². The summed E-state index contributed by atoms with van der Waals surface area (Å²) in [5, 5.41) is 0. The molecule has 2 aliphatic rings. The van der Waals surface area contributed by atoms with Crippen molar-refractivity contribution in [3.63, 3.8) is 0 Å². The zero-order valence-electron chi connectivity index (χ0n) is 6.87. The van der Waals surface area contributed by atoms with Crippen molar-refractivity contribution >= 4 is 31.9 Å². The molecule has 1 aromatic carbocycles. The molecule has 0 nitrogen and oxygen atoms in total. The molecule has 13 heavy (non-hydrogen) atoms. The zero-order chi connectivity index (χ0) is 9.05. The Balaban J connectivity index is 2.31. The van der Waals surface area contributed by atoms with Crippen LogP contribution in [-0.2, 0) is 4.32 Å². The fraction of sp³-hybridized carbons (Fsp3) is 0.273. The number of benzene rings is 1. The summed E-state index contributed by atoms with van der Waals surface area (Å²) in [5.41, 5.74) is 2.88. The first-order valence-corrected chi connectivity index (χ1v) is 6.06. The molecule has 0 amide bonds. The van der Waals surface area contributed by atoms with Gasteiger partial charge in [0.2, 0.25) is 0 Å². The Bertz CT molecular complexity index is 397. The minimum Gasteiger partial charge on any atom is -0.0858 e. The van der Waals surface area contributed by atoms with E-state index in [9.17, 15) is 0 Å². The van der Waals surface area contributed by atoms with Crippen LogP contribution in [0.15, 0.2) is 36.4 Å². The summed E-state index contributed by atoms with van der Waals surface area (Å²) in [6.07, 6.45) is 4.55. The standard InChI is InChI=1S/C11H8Br2/c12-10-8-5-6-11(10,13)9-4-2-1-3-7(8)9/h1-6,8,10H/t8-,10+,11-/m1/s1. The highest BCUT2D eigenvalue weighted by molar-refractivity contribution is 9.12. The predicted molar refractivity (Wildman–Crippen MR) is 61.6 cm³/mol. The van der Waals surface area contributed by atoms with Crippen molar-refractivity contribution in [3.05, 3.63) is 47.5 Å². The average Bonchev–Trinajstić information content (AvgIpc) is 2.55. The quantitative estimate of drug-likeness (QED) is 0.506. The topological polar surface area (TPSA) is 0 Å². The first-order chi connectivity index (χ1) is 6.23. The van der Waals surface area contributed by atoms with Crippen LogP contribution in [0, 0.1) is 0 Å². The summed E-state index contributed by atoms with van der Waals surface area (Å²) in [5.74, 6) is 0.551. The molecule has 2 aliphatic carbocycles. The van der Waals surface area contributed by atoms with E-state index in [0.717, 1.165) is 0 Å². The van der Waals surface area contributed by atoms with Crippen LogP contribution in [0.25, 0.3) is 0 Å². The van der Waals surface area contributed by atoms with Gasteiger partial charge in [0, 0.05) is 10.7 Å². The molecule has 66 valence electrons. The molecule has 0 heterocycles. The van der Waals surface area contributed by atoms with Crippen LogP contribution in [0.3, 0.4) is 0 Å². The van der Waals surface area contributed by atoms with Crippen LogP contribution >= 0.6 is 31.9 Å². The summed E-state index contributed by atoms with van der Waals surface area (Å²) in [6, 6.07) is 8.65. The maximum atomic E-state index is 3.82. The summed E-state index contributed by atoms with van der Waals surface area (Å²) in [6.45, 7) is 0. The van der Waals surface area contributed by atoms with Crippen molar-refractivity contribution in [2.45, 2.75) is 15.1 Å². The normalized spacial score (nSPS) is 39.5. The minimum absolute atomic E-state index is 0.0499. The number of fused-ring (bicyclic) bond motifs is 5. The largest absolute Gasteiger partial charge is 0.0858 e. The molecular weight excluding hydrogens is 292 g/mol. The van der Waals surface area contributed by atoms with E-state index in [1.54, 1.807) is 0 Å². The molecular formula is C11H8Br2. The Kier molecular flexibility index (Phi) is 1.58. The molecule has 3 rings (SSSR count). The SMILES string of the molecule is Br[C@H]1[C@@H]2C=C[C@@]1(Br)c1ccccc12. The molecule has 3 atom stereocenters. The van der Waals surface area contributed by atoms with Crippen LogP contribution in [-0.4, -0.2) is 4.83 Å². The second-order valence-electron chi connectivity index (χ2n) is 3.64. The molecule has 0 aromatic heterocycles. The number of alkyl halides is 2. The maximum Gasteiger partial charge on any atom is 0.0822 e. The first kappa shape index (κ1) is 8.25. The van der Waals surface area contributed by atoms with Crippen LogP contribution in [0.5, 0.6) is 0 Å². The molecule has 0 unspecified atom stereocenters. The van der Waals surface area contributed by atoms with E-state index < -0.39 is 0 Å². The van der Waals surface area contributed by atoms with E-state index >= 15 is 0 Å². The molecule has 2 heteroatoms. The highest BCUT2D eigenvalue weighted by Crippen LogP contribution is 2.59. The van der Waals surface area contributed by atoms with Gasteiger partial charge in [0.1, 0.15) is 0 Å². The maximum absolute atomic E-state index is 3.82. The van der Waals surface area contributed by atoms with E-state index in [4.69, 9.17) is 0 Å².